The zero-order valence-electron chi connectivity index (χ0n) is 12.5. The van der Waals surface area contributed by atoms with Crippen LogP contribution in [0.25, 0.3) is 0 Å². The number of aliphatic carboxylic acids is 1. The number of aryl methyl sites for hydroxylation is 2. The van der Waals surface area contributed by atoms with Crippen LogP contribution < -0.4 is 0 Å². The van der Waals surface area contributed by atoms with Gasteiger partial charge in [0.05, 0.1) is 17.0 Å². The summed E-state index contributed by atoms with van der Waals surface area (Å²) < 4.78 is 33.2. The maximum Gasteiger partial charge on any atom is 0.329 e. The summed E-state index contributed by atoms with van der Waals surface area (Å²) in [5, 5.41) is 12.7. The van der Waals surface area contributed by atoms with Crippen LogP contribution in [0.3, 0.4) is 0 Å². The lowest BCUT2D eigenvalue weighted by Crippen LogP contribution is -2.63. The van der Waals surface area contributed by atoms with Crippen LogP contribution in [0.5, 0.6) is 0 Å². The quantitative estimate of drug-likeness (QED) is 0.814. The van der Waals surface area contributed by atoms with Crippen molar-refractivity contribution >= 4 is 16.0 Å². The minimum Gasteiger partial charge on any atom is -0.480 e. The van der Waals surface area contributed by atoms with E-state index in [0.29, 0.717) is 11.4 Å². The number of sulfonamides is 1. The van der Waals surface area contributed by atoms with Crippen molar-refractivity contribution in [3.05, 3.63) is 11.4 Å². The first kappa shape index (κ1) is 15.9. The van der Waals surface area contributed by atoms with Crippen molar-refractivity contribution in [3.63, 3.8) is 0 Å². The predicted molar refractivity (Wildman–Crippen MR) is 73.4 cm³/mol. The summed E-state index contributed by atoms with van der Waals surface area (Å²) in [6.45, 7) is 4.89. The number of ether oxygens (including phenoxy) is 1. The topological polar surface area (TPSA) is 102 Å². The van der Waals surface area contributed by atoms with Crippen molar-refractivity contribution in [1.29, 1.82) is 0 Å². The van der Waals surface area contributed by atoms with Crippen molar-refractivity contribution < 1.29 is 23.1 Å². The van der Waals surface area contributed by atoms with E-state index in [1.807, 2.05) is 0 Å². The molecule has 1 aromatic rings. The van der Waals surface area contributed by atoms with Gasteiger partial charge in [-0.2, -0.15) is 9.40 Å². The number of hydrogen-bond acceptors (Lipinski definition) is 5. The summed E-state index contributed by atoms with van der Waals surface area (Å²) in [6.07, 6.45) is 0. The minimum absolute atomic E-state index is 0.135. The number of rotatable bonds is 5. The molecule has 1 aromatic heterocycles. The predicted octanol–water partition coefficient (Wildman–Crippen LogP) is -0.0989. The van der Waals surface area contributed by atoms with Gasteiger partial charge in [0.15, 0.2) is 0 Å². The van der Waals surface area contributed by atoms with Crippen LogP contribution in [-0.2, 0) is 26.6 Å². The summed E-state index contributed by atoms with van der Waals surface area (Å²) in [5.41, 5.74) is 0.276. The van der Waals surface area contributed by atoms with Crippen LogP contribution in [0.1, 0.15) is 18.3 Å². The van der Waals surface area contributed by atoms with E-state index in [9.17, 15) is 13.2 Å². The second-order valence-electron chi connectivity index (χ2n) is 5.53. The van der Waals surface area contributed by atoms with Gasteiger partial charge < -0.3 is 9.84 Å². The van der Waals surface area contributed by atoms with Gasteiger partial charge in [0, 0.05) is 20.1 Å². The Hall–Kier alpha value is -1.45. The lowest BCUT2D eigenvalue weighted by molar-refractivity contribution is -0.157. The van der Waals surface area contributed by atoms with Gasteiger partial charge >= 0.3 is 5.97 Å². The van der Waals surface area contributed by atoms with Crippen LogP contribution in [0.15, 0.2) is 4.90 Å². The number of carboxylic acids is 1. The second-order valence-corrected chi connectivity index (χ2v) is 7.40. The molecule has 1 aliphatic rings. The first-order valence-electron chi connectivity index (χ1n) is 6.43. The Labute approximate surface area is 123 Å². The molecule has 0 aromatic carbocycles. The molecule has 21 heavy (non-hydrogen) atoms. The molecule has 0 bridgehead atoms. The maximum atomic E-state index is 12.6. The summed E-state index contributed by atoms with van der Waals surface area (Å²) in [6, 6.07) is 0. The molecular weight excluding hydrogens is 298 g/mol. The van der Waals surface area contributed by atoms with Crippen molar-refractivity contribution in [2.45, 2.75) is 31.3 Å². The van der Waals surface area contributed by atoms with E-state index in [2.05, 4.69) is 5.10 Å². The average molecular weight is 317 g/mol. The summed E-state index contributed by atoms with van der Waals surface area (Å²) >= 11 is 0. The molecule has 1 saturated heterocycles. The number of hydrogen-bond donors (Lipinski definition) is 1. The Morgan fingerprint density at radius 1 is 1.43 bits per heavy atom. The fraction of sp³-hybridized carbons (Fsp3) is 0.667. The molecule has 118 valence electrons. The molecule has 1 fully saturated rings. The molecule has 2 heterocycles. The zero-order valence-corrected chi connectivity index (χ0v) is 13.3. The Balaban J connectivity index is 2.15. The van der Waals surface area contributed by atoms with Crippen LogP contribution in [0.4, 0.5) is 0 Å². The standard InChI is InChI=1S/C12H19N3O5S/c1-8-11(9(2)14(4)13-8)21(18,19)15-6-12(3,7-15)20-5-10(16)17/h5-7H2,1-4H3,(H,16,17). The van der Waals surface area contributed by atoms with Crippen LogP contribution in [0, 0.1) is 13.8 Å². The molecular formula is C12H19N3O5S. The van der Waals surface area contributed by atoms with Gasteiger partial charge in [-0.15, -0.1) is 0 Å². The fourth-order valence-electron chi connectivity index (χ4n) is 2.45. The van der Waals surface area contributed by atoms with E-state index < -0.39 is 28.2 Å². The summed E-state index contributed by atoms with van der Waals surface area (Å²) in [7, 11) is -1.94. The van der Waals surface area contributed by atoms with Crippen LogP contribution >= 0.6 is 0 Å². The highest BCUT2D eigenvalue weighted by Gasteiger charge is 2.47. The van der Waals surface area contributed by atoms with Gasteiger partial charge in [0.2, 0.25) is 10.0 Å². The number of nitrogens with zero attached hydrogens (tertiary/aromatic N) is 3. The van der Waals surface area contributed by atoms with Crippen molar-refractivity contribution in [2.75, 3.05) is 19.7 Å². The zero-order chi connectivity index (χ0) is 16.0. The second kappa shape index (κ2) is 5.08. The van der Waals surface area contributed by atoms with E-state index in [4.69, 9.17) is 9.84 Å². The Morgan fingerprint density at radius 3 is 2.43 bits per heavy atom. The monoisotopic (exact) mass is 317 g/mol. The lowest BCUT2D eigenvalue weighted by Gasteiger charge is -2.46. The summed E-state index contributed by atoms with van der Waals surface area (Å²) in [5.74, 6) is -1.07. The molecule has 0 aliphatic carbocycles. The minimum atomic E-state index is -3.63. The number of carboxylic acid groups (broad SMARTS) is 1. The maximum absolute atomic E-state index is 12.6. The summed E-state index contributed by atoms with van der Waals surface area (Å²) in [4.78, 5) is 10.7. The third-order valence-corrected chi connectivity index (χ3v) is 5.65. The highest BCUT2D eigenvalue weighted by atomic mass is 32.2. The lowest BCUT2D eigenvalue weighted by atomic mass is 10.0. The molecule has 1 aliphatic heterocycles. The molecule has 0 radical (unpaired) electrons. The van der Waals surface area contributed by atoms with E-state index in [0.717, 1.165) is 0 Å². The molecule has 8 nitrogen and oxygen atoms in total. The van der Waals surface area contributed by atoms with Gasteiger partial charge in [-0.1, -0.05) is 0 Å². The molecule has 0 atom stereocenters. The van der Waals surface area contributed by atoms with Crippen molar-refractivity contribution in [1.82, 2.24) is 14.1 Å². The van der Waals surface area contributed by atoms with Crippen LogP contribution in [0.2, 0.25) is 0 Å². The smallest absolute Gasteiger partial charge is 0.329 e. The van der Waals surface area contributed by atoms with Crippen molar-refractivity contribution in [3.8, 4) is 0 Å². The molecule has 0 amide bonds. The number of carbonyl (C=O) groups is 1. The average Bonchev–Trinajstić information content (AvgIpc) is 2.57. The molecule has 2 rings (SSSR count). The largest absolute Gasteiger partial charge is 0.480 e. The highest BCUT2D eigenvalue weighted by Crippen LogP contribution is 2.32. The van der Waals surface area contributed by atoms with E-state index >= 15 is 0 Å². The normalized spacial score (nSPS) is 18.5. The number of aromatic nitrogens is 2. The Bertz CT molecular complexity index is 673. The van der Waals surface area contributed by atoms with Crippen molar-refractivity contribution in [2.24, 2.45) is 7.05 Å². The molecule has 1 N–H and O–H groups in total. The fourth-order valence-corrected chi connectivity index (χ4v) is 4.52. The Kier molecular flexibility index (Phi) is 3.85. The molecule has 0 unspecified atom stereocenters. The highest BCUT2D eigenvalue weighted by molar-refractivity contribution is 7.89. The van der Waals surface area contributed by atoms with Gasteiger partial charge in [0.1, 0.15) is 11.5 Å². The third kappa shape index (κ3) is 2.81. The van der Waals surface area contributed by atoms with E-state index in [1.54, 1.807) is 27.8 Å². The first-order chi connectivity index (χ1) is 9.57. The SMILES string of the molecule is Cc1nn(C)c(C)c1S(=O)(=O)N1CC(C)(OCC(=O)O)C1. The van der Waals surface area contributed by atoms with Gasteiger partial charge in [-0.3, -0.25) is 4.68 Å². The van der Waals surface area contributed by atoms with Gasteiger partial charge in [-0.05, 0) is 20.8 Å². The molecule has 9 heteroatoms. The first-order valence-corrected chi connectivity index (χ1v) is 7.87. The van der Waals surface area contributed by atoms with E-state index in [1.165, 1.54) is 8.99 Å². The van der Waals surface area contributed by atoms with Crippen LogP contribution in [-0.4, -0.2) is 58.9 Å². The molecule has 0 spiro atoms. The molecule has 0 saturated carbocycles. The van der Waals surface area contributed by atoms with Gasteiger partial charge in [-0.25, -0.2) is 13.2 Å². The Morgan fingerprint density at radius 2 is 2.00 bits per heavy atom. The van der Waals surface area contributed by atoms with E-state index in [-0.39, 0.29) is 18.0 Å². The van der Waals surface area contributed by atoms with Gasteiger partial charge in [0.25, 0.3) is 0 Å². The third-order valence-electron chi connectivity index (χ3n) is 3.61.